The van der Waals surface area contributed by atoms with Crippen LogP contribution < -0.4 is 15.4 Å². The minimum Gasteiger partial charge on any atom is -0.494 e. The summed E-state index contributed by atoms with van der Waals surface area (Å²) >= 11 is 5.03. The van der Waals surface area contributed by atoms with E-state index >= 15 is 0 Å². The monoisotopic (exact) mass is 320 g/mol. The molecule has 2 rings (SSSR count). The Labute approximate surface area is 132 Å². The third-order valence-corrected chi connectivity index (χ3v) is 2.73. The predicted molar refractivity (Wildman–Crippen MR) is 84.7 cm³/mol. The van der Waals surface area contributed by atoms with E-state index in [0.29, 0.717) is 17.9 Å². The van der Waals surface area contributed by atoms with Gasteiger partial charge in [0.15, 0.2) is 5.11 Å². The van der Waals surface area contributed by atoms with Gasteiger partial charge in [0.05, 0.1) is 13.7 Å². The average molecular weight is 320 g/mol. The molecule has 0 aliphatic carbocycles. The van der Waals surface area contributed by atoms with Crippen molar-refractivity contribution in [3.63, 3.8) is 0 Å². The fourth-order valence-corrected chi connectivity index (χ4v) is 1.77. The first-order chi connectivity index (χ1) is 10.6. The van der Waals surface area contributed by atoms with Gasteiger partial charge in [-0.3, -0.25) is 15.4 Å². The highest BCUT2D eigenvalue weighted by Gasteiger charge is 2.10. The summed E-state index contributed by atoms with van der Waals surface area (Å²) in [6.45, 7) is 2.62. The number of tetrazole rings is 1. The van der Waals surface area contributed by atoms with E-state index in [0.717, 1.165) is 6.42 Å². The lowest BCUT2D eigenvalue weighted by atomic mass is 10.2. The second-order valence-corrected chi connectivity index (χ2v) is 4.80. The highest BCUT2D eigenvalue weighted by atomic mass is 32.1. The number of hydrogen-bond acceptors (Lipinski definition) is 6. The zero-order valence-electron chi connectivity index (χ0n) is 12.2. The van der Waals surface area contributed by atoms with Crippen molar-refractivity contribution in [1.29, 1.82) is 0 Å². The SMILES string of the molecule is CCCOc1cccc(C(=O)NC(=S)Nc2nnn(C)n2)c1. The summed E-state index contributed by atoms with van der Waals surface area (Å²) in [4.78, 5) is 13.4. The Kier molecular flexibility index (Phi) is 5.37. The van der Waals surface area contributed by atoms with Crippen molar-refractivity contribution < 1.29 is 9.53 Å². The summed E-state index contributed by atoms with van der Waals surface area (Å²) in [5, 5.41) is 16.6. The molecule has 0 saturated heterocycles. The van der Waals surface area contributed by atoms with E-state index in [1.54, 1.807) is 31.3 Å². The summed E-state index contributed by atoms with van der Waals surface area (Å²) in [7, 11) is 1.63. The van der Waals surface area contributed by atoms with Crippen LogP contribution in [0.15, 0.2) is 24.3 Å². The zero-order valence-corrected chi connectivity index (χ0v) is 13.1. The molecule has 116 valence electrons. The van der Waals surface area contributed by atoms with Crippen molar-refractivity contribution >= 4 is 29.2 Å². The third kappa shape index (κ3) is 4.48. The molecule has 1 aromatic heterocycles. The Morgan fingerprint density at radius 3 is 2.95 bits per heavy atom. The van der Waals surface area contributed by atoms with E-state index < -0.39 is 0 Å². The molecule has 0 aliphatic heterocycles. The Bertz CT molecular complexity index is 672. The fraction of sp³-hybridized carbons (Fsp3) is 0.308. The number of benzene rings is 1. The highest BCUT2D eigenvalue weighted by molar-refractivity contribution is 7.80. The summed E-state index contributed by atoms with van der Waals surface area (Å²) < 4.78 is 5.49. The molecule has 0 radical (unpaired) electrons. The Hall–Kier alpha value is -2.55. The second-order valence-electron chi connectivity index (χ2n) is 4.39. The lowest BCUT2D eigenvalue weighted by Crippen LogP contribution is -2.34. The lowest BCUT2D eigenvalue weighted by molar-refractivity contribution is 0.0977. The third-order valence-electron chi connectivity index (χ3n) is 2.53. The van der Waals surface area contributed by atoms with Crippen molar-refractivity contribution in [2.75, 3.05) is 11.9 Å². The lowest BCUT2D eigenvalue weighted by Gasteiger charge is -2.08. The van der Waals surface area contributed by atoms with Crippen LogP contribution in [0.3, 0.4) is 0 Å². The molecule has 1 amide bonds. The molecule has 1 heterocycles. The molecule has 0 unspecified atom stereocenters. The van der Waals surface area contributed by atoms with Gasteiger partial charge in [0, 0.05) is 5.56 Å². The molecule has 0 saturated carbocycles. The van der Waals surface area contributed by atoms with Crippen LogP contribution in [0.25, 0.3) is 0 Å². The van der Waals surface area contributed by atoms with Crippen LogP contribution in [0.2, 0.25) is 0 Å². The maximum atomic E-state index is 12.1. The number of thiocarbonyl (C=S) groups is 1. The number of amides is 1. The summed E-state index contributed by atoms with van der Waals surface area (Å²) in [6.07, 6.45) is 0.898. The molecule has 1 aromatic carbocycles. The molecule has 2 N–H and O–H groups in total. The van der Waals surface area contributed by atoms with E-state index in [9.17, 15) is 4.79 Å². The molecule has 9 heteroatoms. The second kappa shape index (κ2) is 7.46. The van der Waals surface area contributed by atoms with Gasteiger partial charge in [0.25, 0.3) is 11.9 Å². The zero-order chi connectivity index (χ0) is 15.9. The van der Waals surface area contributed by atoms with E-state index in [1.807, 2.05) is 6.92 Å². The van der Waals surface area contributed by atoms with E-state index in [4.69, 9.17) is 17.0 Å². The van der Waals surface area contributed by atoms with Gasteiger partial charge in [-0.25, -0.2) is 0 Å². The largest absolute Gasteiger partial charge is 0.494 e. The van der Waals surface area contributed by atoms with E-state index in [2.05, 4.69) is 26.0 Å². The first-order valence-corrected chi connectivity index (χ1v) is 7.08. The maximum Gasteiger partial charge on any atom is 0.269 e. The van der Waals surface area contributed by atoms with Crippen LogP contribution in [-0.4, -0.2) is 37.8 Å². The van der Waals surface area contributed by atoms with Crippen molar-refractivity contribution in [1.82, 2.24) is 25.5 Å². The number of hydrogen-bond donors (Lipinski definition) is 2. The number of ether oxygens (including phenoxy) is 1. The minimum atomic E-state index is -0.344. The van der Waals surface area contributed by atoms with Gasteiger partial charge in [0.1, 0.15) is 5.75 Å². The molecular weight excluding hydrogens is 304 g/mol. The van der Waals surface area contributed by atoms with Gasteiger partial charge in [0.2, 0.25) is 0 Å². The van der Waals surface area contributed by atoms with Crippen LogP contribution in [0.1, 0.15) is 23.7 Å². The first-order valence-electron chi connectivity index (χ1n) is 6.67. The van der Waals surface area contributed by atoms with Gasteiger partial charge in [-0.1, -0.05) is 18.1 Å². The number of rotatable bonds is 5. The molecule has 8 nitrogen and oxygen atoms in total. The van der Waals surface area contributed by atoms with E-state index in [-0.39, 0.29) is 17.0 Å². The molecule has 2 aromatic rings. The van der Waals surface area contributed by atoms with Crippen LogP contribution in [0.5, 0.6) is 5.75 Å². The van der Waals surface area contributed by atoms with Gasteiger partial charge in [-0.2, -0.15) is 4.80 Å². The maximum absolute atomic E-state index is 12.1. The highest BCUT2D eigenvalue weighted by Crippen LogP contribution is 2.13. The Balaban J connectivity index is 1.95. The number of anilines is 1. The summed E-state index contributed by atoms with van der Waals surface area (Å²) in [6, 6.07) is 6.89. The number of aryl methyl sites for hydroxylation is 1. The molecule has 0 fully saturated rings. The number of carbonyl (C=O) groups excluding carboxylic acids is 1. The van der Waals surface area contributed by atoms with Crippen LogP contribution in [-0.2, 0) is 7.05 Å². The van der Waals surface area contributed by atoms with Gasteiger partial charge < -0.3 is 4.74 Å². The van der Waals surface area contributed by atoms with Crippen LogP contribution in [0, 0.1) is 0 Å². The van der Waals surface area contributed by atoms with Gasteiger partial charge in [-0.15, -0.1) is 5.10 Å². The Morgan fingerprint density at radius 2 is 2.27 bits per heavy atom. The van der Waals surface area contributed by atoms with Crippen molar-refractivity contribution in [2.45, 2.75) is 13.3 Å². The normalized spacial score (nSPS) is 10.1. The summed E-state index contributed by atoms with van der Waals surface area (Å²) in [5.41, 5.74) is 0.449. The van der Waals surface area contributed by atoms with Gasteiger partial charge in [-0.05, 0) is 42.1 Å². The van der Waals surface area contributed by atoms with Crippen molar-refractivity contribution in [3.05, 3.63) is 29.8 Å². The number of aromatic nitrogens is 4. The molecule has 0 atom stereocenters. The molecule has 22 heavy (non-hydrogen) atoms. The van der Waals surface area contributed by atoms with Crippen molar-refractivity contribution in [3.8, 4) is 5.75 Å². The standard InChI is InChI=1S/C13H16N6O2S/c1-3-7-21-10-6-4-5-9(8-10)11(20)14-13(22)15-12-16-18-19(2)17-12/h4-6,8H,3,7H2,1-2H3,(H2,14,15,17,20,22). The summed E-state index contributed by atoms with van der Waals surface area (Å²) in [5.74, 6) is 0.514. The Morgan fingerprint density at radius 1 is 1.45 bits per heavy atom. The number of nitrogens with zero attached hydrogens (tertiary/aromatic N) is 4. The van der Waals surface area contributed by atoms with Crippen LogP contribution >= 0.6 is 12.2 Å². The molecule has 0 spiro atoms. The molecule has 0 aliphatic rings. The fourth-order valence-electron chi connectivity index (χ4n) is 1.59. The van der Waals surface area contributed by atoms with Crippen LogP contribution in [0.4, 0.5) is 5.95 Å². The average Bonchev–Trinajstić information content (AvgIpc) is 2.90. The first kappa shape index (κ1) is 15.8. The predicted octanol–water partition coefficient (Wildman–Crippen LogP) is 1.13. The quantitative estimate of drug-likeness (QED) is 0.797. The minimum absolute atomic E-state index is 0.0953. The van der Waals surface area contributed by atoms with Gasteiger partial charge >= 0.3 is 0 Å². The molecule has 0 bridgehead atoms. The number of nitrogens with one attached hydrogen (secondary N) is 2. The number of carbonyl (C=O) groups is 1. The smallest absolute Gasteiger partial charge is 0.269 e. The topological polar surface area (TPSA) is 94.0 Å². The van der Waals surface area contributed by atoms with Crippen molar-refractivity contribution in [2.24, 2.45) is 7.05 Å². The molecular formula is C13H16N6O2S. The van der Waals surface area contributed by atoms with E-state index in [1.165, 1.54) is 4.80 Å².